The van der Waals surface area contributed by atoms with Gasteiger partial charge in [0.05, 0.1) is 5.02 Å². The summed E-state index contributed by atoms with van der Waals surface area (Å²) in [6.45, 7) is 11.2. The molecule has 3 nitrogen and oxygen atoms in total. The first-order valence-electron chi connectivity index (χ1n) is 10.3. The molecule has 0 N–H and O–H groups in total. The highest BCUT2D eigenvalue weighted by molar-refractivity contribution is 6.32. The second-order valence-electron chi connectivity index (χ2n) is 8.22. The van der Waals surface area contributed by atoms with Crippen molar-refractivity contribution in [3.05, 3.63) is 72.1 Å². The molecule has 152 valence electrons. The van der Waals surface area contributed by atoms with E-state index in [1.54, 1.807) is 6.07 Å². The van der Waals surface area contributed by atoms with Crippen molar-refractivity contribution in [2.24, 2.45) is 0 Å². The van der Waals surface area contributed by atoms with Crippen LogP contribution >= 0.6 is 11.6 Å². The Morgan fingerprint density at radius 1 is 0.897 bits per heavy atom. The molecule has 1 aliphatic carbocycles. The summed E-state index contributed by atoms with van der Waals surface area (Å²) < 4.78 is 11.7. The normalized spacial score (nSPS) is 13.6. The number of hydrogen-bond acceptors (Lipinski definition) is 3. The number of aryl methyl sites for hydroxylation is 1. The Labute approximate surface area is 176 Å². The molecule has 0 saturated carbocycles. The quantitative estimate of drug-likeness (QED) is 0.466. The van der Waals surface area contributed by atoms with E-state index in [2.05, 4.69) is 34.6 Å². The van der Waals surface area contributed by atoms with Gasteiger partial charge in [-0.2, -0.15) is 0 Å². The standard InChI is InChI=1S/C25H27ClO3/c1-13-14(2)16(4)21(17(5)15(13)3)12-28-24-11-23-20(10-22(24)26)18-8-6-7-9-19(18)25(27)29-23/h10-11H,6-9,12H2,1-5H3. The van der Waals surface area contributed by atoms with Gasteiger partial charge >= 0.3 is 5.63 Å². The van der Waals surface area contributed by atoms with Gasteiger partial charge in [-0.25, -0.2) is 4.79 Å². The van der Waals surface area contributed by atoms with Gasteiger partial charge in [0, 0.05) is 17.0 Å². The van der Waals surface area contributed by atoms with Crippen molar-refractivity contribution in [1.29, 1.82) is 0 Å². The van der Waals surface area contributed by atoms with Gasteiger partial charge in [0.1, 0.15) is 17.9 Å². The Bertz CT molecular complexity index is 1160. The monoisotopic (exact) mass is 410 g/mol. The number of halogens is 1. The predicted octanol–water partition coefficient (Wildman–Crippen LogP) is 6.45. The van der Waals surface area contributed by atoms with Crippen LogP contribution in [-0.4, -0.2) is 0 Å². The SMILES string of the molecule is Cc1c(C)c(C)c(COc2cc3oc(=O)c4c(c3cc2Cl)CCCC4)c(C)c1C. The predicted molar refractivity (Wildman–Crippen MR) is 119 cm³/mol. The van der Waals surface area contributed by atoms with Crippen molar-refractivity contribution in [3.8, 4) is 5.75 Å². The zero-order chi connectivity index (χ0) is 20.9. The molecule has 0 fully saturated rings. The van der Waals surface area contributed by atoms with Crippen molar-refractivity contribution in [2.45, 2.75) is 66.9 Å². The van der Waals surface area contributed by atoms with Crippen LogP contribution in [0.25, 0.3) is 11.0 Å². The third-order valence-corrected chi connectivity index (χ3v) is 7.10. The van der Waals surface area contributed by atoms with E-state index < -0.39 is 0 Å². The molecule has 0 spiro atoms. The molecule has 0 saturated heterocycles. The lowest BCUT2D eigenvalue weighted by molar-refractivity contribution is 0.304. The largest absolute Gasteiger partial charge is 0.487 e. The molecule has 29 heavy (non-hydrogen) atoms. The van der Waals surface area contributed by atoms with Crippen LogP contribution in [0.2, 0.25) is 5.02 Å². The summed E-state index contributed by atoms with van der Waals surface area (Å²) in [6.07, 6.45) is 3.81. The lowest BCUT2D eigenvalue weighted by Crippen LogP contribution is -2.15. The Kier molecular flexibility index (Phi) is 5.20. The summed E-state index contributed by atoms with van der Waals surface area (Å²) in [5.74, 6) is 0.549. The lowest BCUT2D eigenvalue weighted by Gasteiger charge is -2.20. The average molecular weight is 411 g/mol. The molecule has 0 amide bonds. The molecule has 1 aromatic heterocycles. The van der Waals surface area contributed by atoms with Crippen LogP contribution in [0.4, 0.5) is 0 Å². The van der Waals surface area contributed by atoms with E-state index in [0.717, 1.165) is 42.2 Å². The van der Waals surface area contributed by atoms with Crippen molar-refractivity contribution >= 4 is 22.6 Å². The summed E-state index contributed by atoms with van der Waals surface area (Å²) in [5.41, 5.74) is 9.86. The molecule has 4 rings (SSSR count). The van der Waals surface area contributed by atoms with Crippen LogP contribution in [0.1, 0.15) is 57.3 Å². The maximum Gasteiger partial charge on any atom is 0.339 e. The maximum atomic E-state index is 12.4. The minimum absolute atomic E-state index is 0.225. The smallest absolute Gasteiger partial charge is 0.339 e. The molecular formula is C25H27ClO3. The molecule has 0 bridgehead atoms. The van der Waals surface area contributed by atoms with E-state index in [4.69, 9.17) is 20.8 Å². The molecule has 3 aromatic rings. The van der Waals surface area contributed by atoms with Crippen LogP contribution in [-0.2, 0) is 19.4 Å². The number of rotatable bonds is 3. The van der Waals surface area contributed by atoms with Crippen LogP contribution in [0.5, 0.6) is 5.75 Å². The Balaban J connectivity index is 1.73. The van der Waals surface area contributed by atoms with E-state index >= 15 is 0 Å². The summed E-state index contributed by atoms with van der Waals surface area (Å²) in [7, 11) is 0. The van der Waals surface area contributed by atoms with Crippen LogP contribution in [0, 0.1) is 34.6 Å². The number of hydrogen-bond donors (Lipinski definition) is 0. The summed E-state index contributed by atoms with van der Waals surface area (Å²) in [6, 6.07) is 3.66. The average Bonchev–Trinajstić information content (AvgIpc) is 2.72. The Morgan fingerprint density at radius 2 is 1.48 bits per heavy atom. The minimum atomic E-state index is -0.225. The van der Waals surface area contributed by atoms with Gasteiger partial charge in [-0.05, 0) is 105 Å². The first-order chi connectivity index (χ1) is 13.8. The molecule has 0 aliphatic heterocycles. The van der Waals surface area contributed by atoms with E-state index in [9.17, 15) is 4.79 Å². The van der Waals surface area contributed by atoms with E-state index in [-0.39, 0.29) is 5.63 Å². The fourth-order valence-electron chi connectivity index (χ4n) is 4.50. The van der Waals surface area contributed by atoms with Gasteiger partial charge in [-0.1, -0.05) is 11.6 Å². The highest BCUT2D eigenvalue weighted by atomic mass is 35.5. The minimum Gasteiger partial charge on any atom is -0.487 e. The summed E-state index contributed by atoms with van der Waals surface area (Å²) in [5, 5.41) is 1.49. The number of ether oxygens (including phenoxy) is 1. The van der Waals surface area contributed by atoms with Crippen LogP contribution in [0.3, 0.4) is 0 Å². The summed E-state index contributed by atoms with van der Waals surface area (Å²) in [4.78, 5) is 12.4. The van der Waals surface area contributed by atoms with Crippen molar-refractivity contribution in [2.75, 3.05) is 0 Å². The number of fused-ring (bicyclic) bond motifs is 3. The van der Waals surface area contributed by atoms with Crippen LogP contribution in [0.15, 0.2) is 21.3 Å². The fourth-order valence-corrected chi connectivity index (χ4v) is 4.72. The van der Waals surface area contributed by atoms with E-state index in [1.165, 1.54) is 33.4 Å². The van der Waals surface area contributed by atoms with Gasteiger partial charge in [-0.3, -0.25) is 0 Å². The second kappa shape index (κ2) is 7.53. The molecule has 4 heteroatoms. The third kappa shape index (κ3) is 3.36. The Hall–Kier alpha value is -2.26. The van der Waals surface area contributed by atoms with Crippen LogP contribution < -0.4 is 10.4 Å². The molecule has 2 aromatic carbocycles. The summed E-state index contributed by atoms with van der Waals surface area (Å²) >= 11 is 6.57. The van der Waals surface area contributed by atoms with Gasteiger partial charge < -0.3 is 9.15 Å². The van der Waals surface area contributed by atoms with Gasteiger partial charge in [0.2, 0.25) is 0 Å². The molecule has 1 aliphatic rings. The zero-order valence-corrected chi connectivity index (χ0v) is 18.5. The highest BCUT2D eigenvalue weighted by Gasteiger charge is 2.20. The molecule has 0 atom stereocenters. The fraction of sp³-hybridized carbons (Fsp3) is 0.400. The second-order valence-corrected chi connectivity index (χ2v) is 8.63. The first kappa shape index (κ1) is 20.0. The van der Waals surface area contributed by atoms with Gasteiger partial charge in [0.25, 0.3) is 0 Å². The van der Waals surface area contributed by atoms with Crippen molar-refractivity contribution in [1.82, 2.24) is 0 Å². The highest BCUT2D eigenvalue weighted by Crippen LogP contribution is 2.35. The molecule has 0 unspecified atom stereocenters. The maximum absolute atomic E-state index is 12.4. The van der Waals surface area contributed by atoms with Crippen molar-refractivity contribution in [3.63, 3.8) is 0 Å². The molecule has 0 radical (unpaired) electrons. The van der Waals surface area contributed by atoms with E-state index in [0.29, 0.717) is 23.0 Å². The molecular weight excluding hydrogens is 384 g/mol. The van der Waals surface area contributed by atoms with Gasteiger partial charge in [0.15, 0.2) is 0 Å². The topological polar surface area (TPSA) is 39.4 Å². The lowest BCUT2D eigenvalue weighted by atomic mass is 9.90. The van der Waals surface area contributed by atoms with Gasteiger partial charge in [-0.15, -0.1) is 0 Å². The zero-order valence-electron chi connectivity index (χ0n) is 17.8. The Morgan fingerprint density at radius 3 is 2.14 bits per heavy atom. The number of benzene rings is 2. The van der Waals surface area contributed by atoms with E-state index in [1.807, 2.05) is 6.07 Å². The first-order valence-corrected chi connectivity index (χ1v) is 10.6. The third-order valence-electron chi connectivity index (χ3n) is 6.80. The van der Waals surface area contributed by atoms with Crippen molar-refractivity contribution < 1.29 is 9.15 Å². The molecule has 1 heterocycles.